The summed E-state index contributed by atoms with van der Waals surface area (Å²) >= 11 is 0. The zero-order chi connectivity index (χ0) is 8.27. The van der Waals surface area contributed by atoms with Gasteiger partial charge in [-0.2, -0.15) is 0 Å². The van der Waals surface area contributed by atoms with E-state index in [0.717, 1.165) is 5.56 Å². The van der Waals surface area contributed by atoms with Crippen LogP contribution in [0.5, 0.6) is 5.75 Å². The van der Waals surface area contributed by atoms with Crippen LogP contribution in [0.25, 0.3) is 0 Å². The lowest BCUT2D eigenvalue weighted by atomic mass is 10.1. The molecule has 1 rings (SSSR count). The summed E-state index contributed by atoms with van der Waals surface area (Å²) in [7, 11) is 0. The normalized spacial score (nSPS) is 12.0. The number of phenols is 1. The highest BCUT2D eigenvalue weighted by Gasteiger charge is 2.00. The number of aromatic hydroxyl groups is 1. The van der Waals surface area contributed by atoms with Crippen molar-refractivity contribution in [1.82, 2.24) is 0 Å². The predicted octanol–water partition coefficient (Wildman–Crippen LogP) is 1.03. The van der Waals surface area contributed by atoms with Crippen LogP contribution in [0.2, 0.25) is 0 Å². The van der Waals surface area contributed by atoms with E-state index in [1.165, 1.54) is 0 Å². The van der Waals surface area contributed by atoms with Crippen LogP contribution >= 0.6 is 0 Å². The topological polar surface area (TPSA) is 46.2 Å². The molecular formula is C9H9NO. The van der Waals surface area contributed by atoms with Gasteiger partial charge < -0.3 is 10.8 Å². The van der Waals surface area contributed by atoms with Gasteiger partial charge in [-0.05, 0) is 17.7 Å². The van der Waals surface area contributed by atoms with Crippen molar-refractivity contribution in [2.75, 3.05) is 0 Å². The Bertz CT molecular complexity index is 288. The van der Waals surface area contributed by atoms with E-state index < -0.39 is 6.04 Å². The fourth-order valence-electron chi connectivity index (χ4n) is 0.814. The second kappa shape index (κ2) is 3.09. The molecule has 1 aromatic carbocycles. The van der Waals surface area contributed by atoms with Gasteiger partial charge in [0.05, 0.1) is 6.04 Å². The van der Waals surface area contributed by atoms with Crippen molar-refractivity contribution >= 4 is 0 Å². The molecule has 0 aliphatic rings. The van der Waals surface area contributed by atoms with Crippen LogP contribution in [-0.2, 0) is 0 Å². The zero-order valence-corrected chi connectivity index (χ0v) is 5.99. The van der Waals surface area contributed by atoms with E-state index in [2.05, 4.69) is 5.92 Å². The first-order valence-corrected chi connectivity index (χ1v) is 3.24. The number of terminal acetylenes is 1. The zero-order valence-electron chi connectivity index (χ0n) is 5.99. The van der Waals surface area contributed by atoms with Gasteiger partial charge in [-0.25, -0.2) is 0 Å². The Labute approximate surface area is 65.7 Å². The van der Waals surface area contributed by atoms with Gasteiger partial charge in [0.25, 0.3) is 0 Å². The van der Waals surface area contributed by atoms with Gasteiger partial charge in [0.15, 0.2) is 0 Å². The number of phenolic OH excluding ortho intramolecular Hbond substituents is 1. The summed E-state index contributed by atoms with van der Waals surface area (Å²) in [5, 5.41) is 9.03. The lowest BCUT2D eigenvalue weighted by molar-refractivity contribution is 0.474. The Hall–Kier alpha value is -1.46. The molecule has 0 aliphatic heterocycles. The molecule has 0 saturated carbocycles. The van der Waals surface area contributed by atoms with Crippen molar-refractivity contribution in [3.63, 3.8) is 0 Å². The molecule has 0 aromatic heterocycles. The van der Waals surface area contributed by atoms with Gasteiger partial charge in [-0.15, -0.1) is 6.42 Å². The molecule has 0 bridgehead atoms. The smallest absolute Gasteiger partial charge is 0.115 e. The first kappa shape index (κ1) is 7.64. The van der Waals surface area contributed by atoms with Gasteiger partial charge in [-0.1, -0.05) is 18.1 Å². The fraction of sp³-hybridized carbons (Fsp3) is 0.111. The summed E-state index contributed by atoms with van der Waals surface area (Å²) < 4.78 is 0. The summed E-state index contributed by atoms with van der Waals surface area (Å²) in [4.78, 5) is 0. The van der Waals surface area contributed by atoms with Gasteiger partial charge in [0.2, 0.25) is 0 Å². The van der Waals surface area contributed by atoms with Crippen LogP contribution in [0.3, 0.4) is 0 Å². The van der Waals surface area contributed by atoms with Crippen LogP contribution in [0, 0.1) is 12.3 Å². The molecule has 11 heavy (non-hydrogen) atoms. The Morgan fingerprint density at radius 3 is 2.82 bits per heavy atom. The Kier molecular flexibility index (Phi) is 2.15. The molecule has 56 valence electrons. The maximum atomic E-state index is 9.03. The SMILES string of the molecule is C#C[C@H](N)c1cccc(O)c1. The monoisotopic (exact) mass is 147 g/mol. The van der Waals surface area contributed by atoms with Crippen molar-refractivity contribution in [1.29, 1.82) is 0 Å². The fourth-order valence-corrected chi connectivity index (χ4v) is 0.814. The third kappa shape index (κ3) is 1.73. The number of hydrogen-bond acceptors (Lipinski definition) is 2. The van der Waals surface area contributed by atoms with Crippen molar-refractivity contribution in [2.45, 2.75) is 6.04 Å². The molecule has 0 saturated heterocycles. The molecule has 0 unspecified atom stereocenters. The minimum atomic E-state index is -0.429. The summed E-state index contributed by atoms with van der Waals surface area (Å²) in [5.74, 6) is 2.56. The standard InChI is InChI=1S/C9H9NO/c1-2-9(10)7-4-3-5-8(11)6-7/h1,3-6,9,11H,10H2/t9-/m0/s1. The molecule has 3 N–H and O–H groups in total. The minimum absolute atomic E-state index is 0.188. The first-order valence-electron chi connectivity index (χ1n) is 3.24. The van der Waals surface area contributed by atoms with Crippen molar-refractivity contribution in [3.8, 4) is 18.1 Å². The summed E-state index contributed by atoms with van der Waals surface area (Å²) in [6.07, 6.45) is 5.10. The van der Waals surface area contributed by atoms with Gasteiger partial charge >= 0.3 is 0 Å². The molecule has 0 radical (unpaired) electrons. The Morgan fingerprint density at radius 2 is 2.27 bits per heavy atom. The third-order valence-corrected chi connectivity index (χ3v) is 1.41. The van der Waals surface area contributed by atoms with Crippen molar-refractivity contribution in [3.05, 3.63) is 29.8 Å². The summed E-state index contributed by atoms with van der Waals surface area (Å²) in [5.41, 5.74) is 6.27. The highest BCUT2D eigenvalue weighted by molar-refractivity contribution is 5.32. The summed E-state index contributed by atoms with van der Waals surface area (Å²) in [6, 6.07) is 6.20. The average molecular weight is 147 g/mol. The molecule has 2 heteroatoms. The number of benzene rings is 1. The largest absolute Gasteiger partial charge is 0.508 e. The van der Waals surface area contributed by atoms with E-state index in [1.807, 2.05) is 0 Å². The minimum Gasteiger partial charge on any atom is -0.508 e. The van der Waals surface area contributed by atoms with Crippen LogP contribution in [-0.4, -0.2) is 5.11 Å². The molecule has 0 fully saturated rings. The van der Waals surface area contributed by atoms with E-state index in [9.17, 15) is 0 Å². The van der Waals surface area contributed by atoms with Crippen molar-refractivity contribution in [2.24, 2.45) is 5.73 Å². The van der Waals surface area contributed by atoms with Gasteiger partial charge in [0, 0.05) is 0 Å². The van der Waals surface area contributed by atoms with Crippen LogP contribution < -0.4 is 5.73 Å². The van der Waals surface area contributed by atoms with Crippen LogP contribution in [0.15, 0.2) is 24.3 Å². The van der Waals surface area contributed by atoms with E-state index >= 15 is 0 Å². The average Bonchev–Trinajstić information content (AvgIpc) is 2.03. The maximum absolute atomic E-state index is 9.03. The number of nitrogens with two attached hydrogens (primary N) is 1. The first-order chi connectivity index (χ1) is 5.24. The quantitative estimate of drug-likeness (QED) is 0.583. The molecule has 2 nitrogen and oxygen atoms in total. The lowest BCUT2D eigenvalue weighted by Gasteiger charge is -2.03. The molecule has 0 amide bonds. The molecule has 0 aliphatic carbocycles. The van der Waals surface area contributed by atoms with Gasteiger partial charge in [-0.3, -0.25) is 0 Å². The number of rotatable bonds is 1. The second-order valence-electron chi connectivity index (χ2n) is 2.24. The number of hydrogen-bond donors (Lipinski definition) is 2. The Balaban J connectivity index is 2.98. The van der Waals surface area contributed by atoms with Gasteiger partial charge in [0.1, 0.15) is 5.75 Å². The molecule has 0 heterocycles. The predicted molar refractivity (Wildman–Crippen MR) is 43.9 cm³/mol. The summed E-state index contributed by atoms with van der Waals surface area (Å²) in [6.45, 7) is 0. The molecular weight excluding hydrogens is 138 g/mol. The van der Waals surface area contributed by atoms with Crippen LogP contribution in [0.4, 0.5) is 0 Å². The van der Waals surface area contributed by atoms with E-state index in [0.29, 0.717) is 0 Å². The lowest BCUT2D eigenvalue weighted by Crippen LogP contribution is -2.06. The molecule has 1 aromatic rings. The van der Waals surface area contributed by atoms with E-state index in [-0.39, 0.29) is 5.75 Å². The molecule has 1 atom stereocenters. The highest BCUT2D eigenvalue weighted by atomic mass is 16.3. The Morgan fingerprint density at radius 1 is 1.55 bits per heavy atom. The highest BCUT2D eigenvalue weighted by Crippen LogP contribution is 2.15. The van der Waals surface area contributed by atoms with E-state index in [1.54, 1.807) is 24.3 Å². The third-order valence-electron chi connectivity index (χ3n) is 1.41. The van der Waals surface area contributed by atoms with Crippen molar-refractivity contribution < 1.29 is 5.11 Å². The molecule has 0 spiro atoms. The second-order valence-corrected chi connectivity index (χ2v) is 2.24. The maximum Gasteiger partial charge on any atom is 0.115 e. The van der Waals surface area contributed by atoms with E-state index in [4.69, 9.17) is 17.3 Å². The van der Waals surface area contributed by atoms with Crippen LogP contribution in [0.1, 0.15) is 11.6 Å².